The number of sulfone groups is 1. The van der Waals surface area contributed by atoms with Crippen LogP contribution in [0, 0.1) is 0 Å². The largest absolute Gasteiger partial charge is 0.446 e. The predicted molar refractivity (Wildman–Crippen MR) is 128 cm³/mol. The maximum atomic E-state index is 12.8. The van der Waals surface area contributed by atoms with Gasteiger partial charge in [0.15, 0.2) is 0 Å². The highest BCUT2D eigenvalue weighted by atomic mass is 32.2. The van der Waals surface area contributed by atoms with Crippen molar-refractivity contribution >= 4 is 50.4 Å². The van der Waals surface area contributed by atoms with E-state index in [1.807, 2.05) is 13.8 Å². The monoisotopic (exact) mass is 507 g/mol. The van der Waals surface area contributed by atoms with Gasteiger partial charge in [0.1, 0.15) is 0 Å². The Morgan fingerprint density at radius 1 is 0.794 bits per heavy atom. The van der Waals surface area contributed by atoms with Gasteiger partial charge in [0.2, 0.25) is 9.84 Å². The molecule has 0 atom stereocenters. The van der Waals surface area contributed by atoms with Crippen molar-refractivity contribution in [3.05, 3.63) is 72.8 Å². The topological polar surface area (TPSA) is 87.6 Å². The molecule has 0 saturated heterocycles. The Hall–Kier alpha value is -3.31. The number of alkyl halides is 3. The lowest BCUT2D eigenvalue weighted by Crippen LogP contribution is -2.19. The Kier molecular flexibility index (Phi) is 7.68. The van der Waals surface area contributed by atoms with Gasteiger partial charge in [0.05, 0.1) is 15.5 Å². The summed E-state index contributed by atoms with van der Waals surface area (Å²) in [7, 11) is -3.75. The van der Waals surface area contributed by atoms with Crippen molar-refractivity contribution in [3.8, 4) is 0 Å². The van der Waals surface area contributed by atoms with Crippen LogP contribution in [0.3, 0.4) is 0 Å². The molecule has 178 valence electrons. The minimum absolute atomic E-state index is 0.00176. The first kappa shape index (κ1) is 25.3. The normalized spacial score (nSPS) is 11.6. The van der Waals surface area contributed by atoms with Gasteiger partial charge in [-0.2, -0.15) is 13.2 Å². The molecule has 6 nitrogen and oxygen atoms in total. The van der Waals surface area contributed by atoms with Crippen molar-refractivity contribution in [2.45, 2.75) is 34.0 Å². The van der Waals surface area contributed by atoms with Crippen LogP contribution in [0.1, 0.15) is 13.8 Å². The molecule has 0 aliphatic rings. The number of thioether (sulfide) groups is 1. The van der Waals surface area contributed by atoms with E-state index in [0.717, 1.165) is 5.71 Å². The summed E-state index contributed by atoms with van der Waals surface area (Å²) in [4.78, 5) is 16.6. The van der Waals surface area contributed by atoms with Crippen molar-refractivity contribution in [1.29, 1.82) is 0 Å². The molecule has 34 heavy (non-hydrogen) atoms. The highest BCUT2D eigenvalue weighted by Gasteiger charge is 2.29. The van der Waals surface area contributed by atoms with Crippen LogP contribution >= 0.6 is 11.8 Å². The van der Waals surface area contributed by atoms with Crippen molar-refractivity contribution < 1.29 is 26.4 Å². The van der Waals surface area contributed by atoms with Crippen LogP contribution in [0.25, 0.3) is 0 Å². The molecule has 2 amide bonds. The summed E-state index contributed by atoms with van der Waals surface area (Å²) >= 11 is -0.248. The average molecular weight is 508 g/mol. The fourth-order valence-electron chi connectivity index (χ4n) is 2.84. The number of hydrogen-bond acceptors (Lipinski definition) is 5. The quantitative estimate of drug-likeness (QED) is 0.281. The number of benzene rings is 3. The molecule has 0 heterocycles. The minimum atomic E-state index is -4.39. The van der Waals surface area contributed by atoms with Gasteiger partial charge in [0, 0.05) is 22.0 Å². The summed E-state index contributed by atoms with van der Waals surface area (Å²) in [5.74, 6) is 0. The molecule has 0 fully saturated rings. The lowest BCUT2D eigenvalue weighted by atomic mass is 10.3. The SMILES string of the molecule is CC(C)=Nc1ccc(S(=O)(=O)c2ccc(NC(=O)Nc3ccc(SC(F)(F)F)cc3)cc2)cc1. The molecule has 0 bridgehead atoms. The van der Waals surface area contributed by atoms with E-state index < -0.39 is 21.4 Å². The van der Waals surface area contributed by atoms with E-state index in [9.17, 15) is 26.4 Å². The Labute approximate surface area is 199 Å². The second-order valence-corrected chi connectivity index (χ2v) is 10.3. The lowest BCUT2D eigenvalue weighted by molar-refractivity contribution is -0.0328. The number of rotatable bonds is 6. The third-order valence-corrected chi connectivity index (χ3v) is 6.79. The maximum Gasteiger partial charge on any atom is 0.446 e. The summed E-state index contributed by atoms with van der Waals surface area (Å²) in [6.45, 7) is 3.68. The minimum Gasteiger partial charge on any atom is -0.308 e. The number of hydrogen-bond donors (Lipinski definition) is 2. The summed E-state index contributed by atoms with van der Waals surface area (Å²) in [6.07, 6.45) is 0. The molecule has 3 rings (SSSR count). The second-order valence-electron chi connectivity index (χ2n) is 7.23. The first-order valence-electron chi connectivity index (χ1n) is 9.83. The van der Waals surface area contributed by atoms with Gasteiger partial charge in [-0.1, -0.05) is 0 Å². The zero-order valence-corrected chi connectivity index (χ0v) is 19.7. The van der Waals surface area contributed by atoms with Gasteiger partial charge in [-0.3, -0.25) is 4.99 Å². The molecule has 0 unspecified atom stereocenters. The lowest BCUT2D eigenvalue weighted by Gasteiger charge is -2.10. The first-order valence-corrected chi connectivity index (χ1v) is 12.1. The molecule has 0 aliphatic carbocycles. The van der Waals surface area contributed by atoms with Crippen LogP contribution in [0.15, 0.2) is 92.5 Å². The van der Waals surface area contributed by atoms with E-state index in [2.05, 4.69) is 15.6 Å². The third kappa shape index (κ3) is 7.09. The zero-order valence-electron chi connectivity index (χ0n) is 18.1. The molecule has 3 aromatic carbocycles. The summed E-state index contributed by atoms with van der Waals surface area (Å²) < 4.78 is 62.9. The fourth-order valence-corrected chi connectivity index (χ4v) is 4.65. The molecule has 0 spiro atoms. The number of anilines is 2. The number of carbonyl (C=O) groups excluding carboxylic acids is 1. The van der Waals surface area contributed by atoms with Crippen LogP contribution in [-0.2, 0) is 9.84 Å². The van der Waals surface area contributed by atoms with Gasteiger partial charge in [0.25, 0.3) is 0 Å². The van der Waals surface area contributed by atoms with Gasteiger partial charge in [-0.05, 0) is 98.4 Å². The molecule has 0 aromatic heterocycles. The number of urea groups is 1. The van der Waals surface area contributed by atoms with E-state index in [1.165, 1.54) is 60.7 Å². The number of carbonyl (C=O) groups is 1. The summed E-state index contributed by atoms with van der Waals surface area (Å²) in [5, 5.41) is 5.04. The Balaban J connectivity index is 1.63. The van der Waals surface area contributed by atoms with Crippen molar-refractivity contribution in [3.63, 3.8) is 0 Å². The number of aliphatic imine (C=N–C) groups is 1. The summed E-state index contributed by atoms with van der Waals surface area (Å²) in [5.41, 5.74) is -2.26. The Bertz CT molecular complexity index is 1280. The highest BCUT2D eigenvalue weighted by Crippen LogP contribution is 2.37. The van der Waals surface area contributed by atoms with Crippen LogP contribution in [0.2, 0.25) is 0 Å². The smallest absolute Gasteiger partial charge is 0.308 e. The molecule has 0 saturated carbocycles. The van der Waals surface area contributed by atoms with Gasteiger partial charge in [-0.15, -0.1) is 0 Å². The number of amides is 2. The Morgan fingerprint density at radius 3 is 1.68 bits per heavy atom. The molecular formula is C23H20F3N3O3S2. The van der Waals surface area contributed by atoms with E-state index in [-0.39, 0.29) is 26.4 Å². The standard InChI is InChI=1S/C23H20F3N3O3S2/c1-15(2)27-16-5-11-20(12-6-16)34(31,32)21-13-7-18(8-14-21)29-22(30)28-17-3-9-19(10-4-17)33-23(24,25)26/h3-14H,1-2H3,(H2,28,29,30). The van der Waals surface area contributed by atoms with E-state index in [4.69, 9.17) is 0 Å². The third-order valence-electron chi connectivity index (χ3n) is 4.27. The number of halogens is 3. The van der Waals surface area contributed by atoms with Crippen LogP contribution in [0.5, 0.6) is 0 Å². The highest BCUT2D eigenvalue weighted by molar-refractivity contribution is 8.00. The van der Waals surface area contributed by atoms with Gasteiger partial charge < -0.3 is 10.6 Å². The maximum absolute atomic E-state index is 12.8. The molecular weight excluding hydrogens is 487 g/mol. The molecule has 3 aromatic rings. The van der Waals surface area contributed by atoms with Crippen molar-refractivity contribution in [2.24, 2.45) is 4.99 Å². The Morgan fingerprint density at radius 2 is 1.24 bits per heavy atom. The van der Waals surface area contributed by atoms with E-state index in [1.54, 1.807) is 12.1 Å². The van der Waals surface area contributed by atoms with Crippen LogP contribution < -0.4 is 10.6 Å². The zero-order chi connectivity index (χ0) is 24.9. The van der Waals surface area contributed by atoms with E-state index >= 15 is 0 Å². The number of nitrogens with one attached hydrogen (secondary N) is 2. The van der Waals surface area contributed by atoms with Crippen molar-refractivity contribution in [1.82, 2.24) is 0 Å². The molecule has 0 radical (unpaired) electrons. The molecule has 2 N–H and O–H groups in total. The van der Waals surface area contributed by atoms with Crippen LogP contribution in [0.4, 0.5) is 35.0 Å². The predicted octanol–water partition coefficient (Wildman–Crippen LogP) is 6.89. The molecule has 11 heteroatoms. The molecule has 0 aliphatic heterocycles. The first-order chi connectivity index (χ1) is 15.9. The average Bonchev–Trinajstić information content (AvgIpc) is 2.74. The summed E-state index contributed by atoms with van der Waals surface area (Å²) in [6, 6.07) is 16.4. The van der Waals surface area contributed by atoms with Crippen molar-refractivity contribution in [2.75, 3.05) is 10.6 Å². The fraction of sp³-hybridized carbons (Fsp3) is 0.130. The second kappa shape index (κ2) is 10.3. The van der Waals surface area contributed by atoms with E-state index in [0.29, 0.717) is 17.1 Å². The number of nitrogens with zero attached hydrogens (tertiary/aromatic N) is 1. The van der Waals surface area contributed by atoms with Gasteiger partial charge >= 0.3 is 11.5 Å². The van der Waals surface area contributed by atoms with Gasteiger partial charge in [-0.25, -0.2) is 13.2 Å². The van der Waals surface area contributed by atoms with Crippen LogP contribution in [-0.4, -0.2) is 25.7 Å².